The molecule has 0 amide bonds. The molecule has 2 nitrogen and oxygen atoms in total. The van der Waals surface area contributed by atoms with Crippen molar-refractivity contribution in [1.29, 1.82) is 0 Å². The molecular weight excluding hydrogens is 881 g/mol. The van der Waals surface area contributed by atoms with Gasteiger partial charge in [-0.3, -0.25) is 0 Å². The van der Waals surface area contributed by atoms with E-state index in [2.05, 4.69) is 289 Å². The number of hydrogen-bond acceptors (Lipinski definition) is 1. The third kappa shape index (κ3) is 6.17. The van der Waals surface area contributed by atoms with Gasteiger partial charge in [0.1, 0.15) is 0 Å². The molecule has 1 aliphatic carbocycles. The van der Waals surface area contributed by atoms with Crippen molar-refractivity contribution < 1.29 is 0 Å². The maximum absolute atomic E-state index is 2.52. The lowest BCUT2D eigenvalue weighted by atomic mass is 9.65. The molecule has 1 aliphatic heterocycles. The van der Waals surface area contributed by atoms with Gasteiger partial charge < -0.3 is 9.47 Å². The predicted octanol–water partition coefficient (Wildman–Crippen LogP) is 18.8. The Labute approximate surface area is 425 Å². The molecule has 13 aromatic rings. The summed E-state index contributed by atoms with van der Waals surface area (Å²) in [5.41, 5.74) is 24.0. The van der Waals surface area contributed by atoms with Crippen LogP contribution in [0.4, 0.5) is 17.1 Å². The molecule has 0 radical (unpaired) electrons. The van der Waals surface area contributed by atoms with E-state index in [4.69, 9.17) is 0 Å². The fourth-order valence-corrected chi connectivity index (χ4v) is 12.6. The highest BCUT2D eigenvalue weighted by molar-refractivity contribution is 6.13. The van der Waals surface area contributed by atoms with Crippen LogP contribution in [0.25, 0.3) is 93.9 Å². The largest absolute Gasteiger partial charge is 0.309 e. The minimum Gasteiger partial charge on any atom is -0.309 e. The number of rotatable bonds is 7. The van der Waals surface area contributed by atoms with Crippen LogP contribution in [0.1, 0.15) is 22.3 Å². The van der Waals surface area contributed by atoms with Crippen molar-refractivity contribution in [3.8, 4) is 61.3 Å². The normalized spacial score (nSPS) is 14.1. The fraction of sp³-hybridized carbons (Fsp3) is 0.0141. The summed E-state index contributed by atoms with van der Waals surface area (Å²) in [7, 11) is 0. The number of fused-ring (bicyclic) bond motifs is 13. The number of para-hydroxylation sites is 5. The van der Waals surface area contributed by atoms with Gasteiger partial charge in [-0.2, -0.15) is 0 Å². The second kappa shape index (κ2) is 16.3. The number of aromatic nitrogens is 1. The van der Waals surface area contributed by atoms with E-state index in [0.717, 1.165) is 22.6 Å². The molecule has 2 aliphatic rings. The van der Waals surface area contributed by atoms with E-state index in [9.17, 15) is 0 Å². The van der Waals surface area contributed by atoms with E-state index < -0.39 is 5.41 Å². The smallest absolute Gasteiger partial charge is 0.0754 e. The van der Waals surface area contributed by atoms with E-state index in [1.165, 1.54) is 111 Å². The highest BCUT2D eigenvalue weighted by Gasteiger charge is 2.50. The van der Waals surface area contributed by atoms with Crippen molar-refractivity contribution in [2.45, 2.75) is 5.41 Å². The summed E-state index contributed by atoms with van der Waals surface area (Å²) in [5, 5.41) is 4.95. The lowest BCUT2D eigenvalue weighted by Gasteiger charge is -2.39. The van der Waals surface area contributed by atoms with Crippen molar-refractivity contribution in [1.82, 2.24) is 4.57 Å². The molecule has 0 fully saturated rings. The van der Waals surface area contributed by atoms with E-state index in [1.54, 1.807) is 0 Å². The van der Waals surface area contributed by atoms with Gasteiger partial charge in [-0.25, -0.2) is 0 Å². The lowest BCUT2D eigenvalue weighted by molar-refractivity contribution is 0.749. The standard InChI is InChI=1S/C71H46N2/c1-3-19-47(20-4-1)49-23-17-24-54(44-49)57-26-9-14-34-67(57)72(66-33-13-8-25-56(66)48-21-5-2-6-22-48)55-41-39-51-43-50(37-38-52(51)45-55)53-40-42-59-58-27-7-11-30-62(58)71(65(59)46-53)63-31-12-16-36-69(63)73-68-35-15-10-28-60(68)61-29-18-32-64(71)70(61)73/h1-46H. The Morgan fingerprint density at radius 1 is 0.288 bits per heavy atom. The zero-order chi connectivity index (χ0) is 48.0. The summed E-state index contributed by atoms with van der Waals surface area (Å²) in [6.07, 6.45) is 0. The monoisotopic (exact) mass is 926 g/mol. The van der Waals surface area contributed by atoms with Crippen LogP contribution >= 0.6 is 0 Å². The molecule has 2 heteroatoms. The first-order valence-corrected chi connectivity index (χ1v) is 25.3. The molecule has 12 aromatic carbocycles. The zero-order valence-electron chi connectivity index (χ0n) is 40.0. The molecule has 340 valence electrons. The maximum Gasteiger partial charge on any atom is 0.0754 e. The number of hydrogen-bond donors (Lipinski definition) is 0. The average Bonchev–Trinajstić information content (AvgIpc) is 4.03. The van der Waals surface area contributed by atoms with Crippen molar-refractivity contribution in [3.05, 3.63) is 301 Å². The van der Waals surface area contributed by atoms with Crippen molar-refractivity contribution in [2.24, 2.45) is 0 Å². The first-order chi connectivity index (χ1) is 36.2. The minimum atomic E-state index is -0.507. The first-order valence-electron chi connectivity index (χ1n) is 25.3. The van der Waals surface area contributed by atoms with Gasteiger partial charge in [-0.1, -0.05) is 224 Å². The SMILES string of the molecule is c1ccc(-c2cccc(-c3ccccc3N(c3ccc4cc(-c5ccc6c(c5)C5(c7ccccc7-6)c6ccccc6-n6c7ccccc7c7cccc5c76)ccc4c3)c3ccccc3-c3ccccc3)c2)cc1. The van der Waals surface area contributed by atoms with E-state index in [-0.39, 0.29) is 0 Å². The third-order valence-corrected chi connectivity index (χ3v) is 15.8. The van der Waals surface area contributed by atoms with Gasteiger partial charge in [0.2, 0.25) is 0 Å². The Morgan fingerprint density at radius 2 is 0.822 bits per heavy atom. The summed E-state index contributed by atoms with van der Waals surface area (Å²) >= 11 is 0. The second-order valence-electron chi connectivity index (χ2n) is 19.6. The van der Waals surface area contributed by atoms with Gasteiger partial charge in [0, 0.05) is 27.6 Å². The van der Waals surface area contributed by atoms with Gasteiger partial charge in [-0.05, 0) is 132 Å². The molecule has 0 N–H and O–H groups in total. The van der Waals surface area contributed by atoms with E-state index >= 15 is 0 Å². The van der Waals surface area contributed by atoms with Crippen LogP contribution in [-0.2, 0) is 5.41 Å². The summed E-state index contributed by atoms with van der Waals surface area (Å²) in [5.74, 6) is 0. The fourth-order valence-electron chi connectivity index (χ4n) is 12.6. The second-order valence-corrected chi connectivity index (χ2v) is 19.6. The van der Waals surface area contributed by atoms with Gasteiger partial charge in [-0.15, -0.1) is 0 Å². The molecule has 0 bridgehead atoms. The first kappa shape index (κ1) is 41.3. The number of benzene rings is 12. The summed E-state index contributed by atoms with van der Waals surface area (Å²) in [6.45, 7) is 0. The number of nitrogens with zero attached hydrogens (tertiary/aromatic N) is 2. The topological polar surface area (TPSA) is 8.17 Å². The Morgan fingerprint density at radius 3 is 1.64 bits per heavy atom. The Bertz CT molecular complexity index is 4330. The van der Waals surface area contributed by atoms with Crippen LogP contribution in [-0.4, -0.2) is 4.57 Å². The molecule has 73 heavy (non-hydrogen) atoms. The van der Waals surface area contributed by atoms with Gasteiger partial charge in [0.15, 0.2) is 0 Å². The Hall–Kier alpha value is -9.50. The predicted molar refractivity (Wildman–Crippen MR) is 306 cm³/mol. The van der Waals surface area contributed by atoms with E-state index in [0.29, 0.717) is 0 Å². The molecule has 1 unspecified atom stereocenters. The lowest BCUT2D eigenvalue weighted by Crippen LogP contribution is -2.33. The van der Waals surface area contributed by atoms with Crippen molar-refractivity contribution in [2.75, 3.05) is 4.90 Å². The molecule has 0 saturated carbocycles. The van der Waals surface area contributed by atoms with Crippen LogP contribution in [0.15, 0.2) is 279 Å². The van der Waals surface area contributed by atoms with Crippen molar-refractivity contribution in [3.63, 3.8) is 0 Å². The van der Waals surface area contributed by atoms with Gasteiger partial charge in [0.05, 0.1) is 33.5 Å². The average molecular weight is 927 g/mol. The summed E-state index contributed by atoms with van der Waals surface area (Å²) in [6, 6.07) is 103. The zero-order valence-corrected chi connectivity index (χ0v) is 40.0. The van der Waals surface area contributed by atoms with Gasteiger partial charge >= 0.3 is 0 Å². The van der Waals surface area contributed by atoms with Crippen molar-refractivity contribution >= 4 is 49.6 Å². The minimum absolute atomic E-state index is 0.507. The Kier molecular flexibility index (Phi) is 9.21. The highest BCUT2D eigenvalue weighted by atomic mass is 15.1. The van der Waals surface area contributed by atoms with Gasteiger partial charge in [0.25, 0.3) is 0 Å². The summed E-state index contributed by atoms with van der Waals surface area (Å²) < 4.78 is 2.52. The number of anilines is 3. The van der Waals surface area contributed by atoms with Crippen LogP contribution in [0, 0.1) is 0 Å². The molecule has 1 aromatic heterocycles. The van der Waals surface area contributed by atoms with Crippen LogP contribution in [0.2, 0.25) is 0 Å². The Balaban J connectivity index is 0.889. The van der Waals surface area contributed by atoms with Crippen LogP contribution in [0.3, 0.4) is 0 Å². The molecule has 1 spiro atoms. The quantitative estimate of drug-likeness (QED) is 0.155. The molecular formula is C71H46N2. The molecule has 15 rings (SSSR count). The maximum atomic E-state index is 2.52. The van der Waals surface area contributed by atoms with E-state index in [1.807, 2.05) is 0 Å². The molecule has 1 atom stereocenters. The summed E-state index contributed by atoms with van der Waals surface area (Å²) in [4.78, 5) is 2.46. The van der Waals surface area contributed by atoms with Crippen LogP contribution < -0.4 is 4.90 Å². The highest BCUT2D eigenvalue weighted by Crippen LogP contribution is 2.61. The molecule has 2 heterocycles. The third-order valence-electron chi connectivity index (χ3n) is 15.8. The molecule has 0 saturated heterocycles. The van der Waals surface area contributed by atoms with Crippen LogP contribution in [0.5, 0.6) is 0 Å².